The van der Waals surface area contributed by atoms with Crippen LogP contribution in [0, 0.1) is 0 Å². The van der Waals surface area contributed by atoms with Gasteiger partial charge in [0, 0.05) is 29.2 Å². The summed E-state index contributed by atoms with van der Waals surface area (Å²) in [6.07, 6.45) is 4.14. The molecule has 3 N–H and O–H groups in total. The quantitative estimate of drug-likeness (QED) is 0.257. The van der Waals surface area contributed by atoms with Gasteiger partial charge in [0.25, 0.3) is 0 Å². The molecule has 222 valence electrons. The van der Waals surface area contributed by atoms with Crippen molar-refractivity contribution >= 4 is 38.3 Å². The Morgan fingerprint density at radius 1 is 1.15 bits per heavy atom. The topological polar surface area (TPSA) is 135 Å². The zero-order valence-corrected chi connectivity index (χ0v) is 25.9. The van der Waals surface area contributed by atoms with Gasteiger partial charge in [-0.3, -0.25) is 4.57 Å². The van der Waals surface area contributed by atoms with Crippen molar-refractivity contribution < 1.29 is 13.2 Å². The fourth-order valence-corrected chi connectivity index (χ4v) is 7.78. The average molecular weight is 604 g/mol. The number of fused-ring (bicyclic) bond motifs is 3. The molecule has 1 aliphatic heterocycles. The lowest BCUT2D eigenvalue weighted by atomic mass is 9.80. The number of benzene rings is 1. The van der Waals surface area contributed by atoms with Crippen molar-refractivity contribution in [3.8, 4) is 17.0 Å². The first-order valence-corrected chi connectivity index (χ1v) is 15.9. The Bertz CT molecular complexity index is 1760. The number of nitrogens with zero attached hydrogens (tertiary/aromatic N) is 4. The van der Waals surface area contributed by atoms with Crippen LogP contribution >= 0.6 is 11.6 Å². The van der Waals surface area contributed by atoms with Crippen LogP contribution < -0.4 is 20.5 Å². The normalized spacial score (nSPS) is 17.4. The molecule has 1 aliphatic rings. The molecule has 0 saturated carbocycles. The largest absolute Gasteiger partial charge is 0.493 e. The molecule has 4 aromatic rings. The molecule has 41 heavy (non-hydrogen) atoms. The summed E-state index contributed by atoms with van der Waals surface area (Å²) >= 11 is 6.99. The molecule has 13 heteroatoms. The minimum Gasteiger partial charge on any atom is -0.493 e. The highest BCUT2D eigenvalue weighted by atomic mass is 35.5. The summed E-state index contributed by atoms with van der Waals surface area (Å²) in [5, 5.41) is 11.9. The van der Waals surface area contributed by atoms with E-state index in [4.69, 9.17) is 16.3 Å². The smallest absolute Gasteiger partial charge is 0.335 e. The summed E-state index contributed by atoms with van der Waals surface area (Å²) in [6.45, 7) is 13.1. The van der Waals surface area contributed by atoms with Crippen LogP contribution in [0.15, 0.2) is 34.2 Å². The second-order valence-corrected chi connectivity index (χ2v) is 14.2. The first-order chi connectivity index (χ1) is 19.3. The summed E-state index contributed by atoms with van der Waals surface area (Å²) in [7, 11) is -3.89. The number of aromatic nitrogens is 5. The van der Waals surface area contributed by atoms with Crippen molar-refractivity contribution in [2.75, 3.05) is 6.61 Å². The van der Waals surface area contributed by atoms with Gasteiger partial charge in [0.2, 0.25) is 10.0 Å². The molecule has 4 heterocycles. The number of sulfonamides is 1. The number of aryl methyl sites for hydroxylation is 1. The summed E-state index contributed by atoms with van der Waals surface area (Å²) in [5.74, 6) is 0.477. The Labute approximate surface area is 244 Å². The SMILES string of the molecule is CCCOc1ccc(S(=O)(=O)NC2CC(C)(C)NC(C)(C)C2)cc1-c1[nH]c2c(c1Cl)n(CCC)c(=O)n1cnnc21. The Balaban J connectivity index is 1.64. The van der Waals surface area contributed by atoms with Crippen molar-refractivity contribution in [2.24, 2.45) is 0 Å². The number of aromatic amines is 1. The van der Waals surface area contributed by atoms with Crippen LogP contribution in [-0.4, -0.2) is 56.3 Å². The van der Waals surface area contributed by atoms with Crippen molar-refractivity contribution in [1.82, 2.24) is 34.2 Å². The van der Waals surface area contributed by atoms with Gasteiger partial charge < -0.3 is 15.0 Å². The zero-order valence-electron chi connectivity index (χ0n) is 24.3. The third-order valence-corrected chi connectivity index (χ3v) is 9.23. The maximum atomic E-state index is 13.7. The summed E-state index contributed by atoms with van der Waals surface area (Å²) in [5.41, 5.74) is 1.51. The van der Waals surface area contributed by atoms with E-state index < -0.39 is 10.0 Å². The molecule has 1 saturated heterocycles. The van der Waals surface area contributed by atoms with E-state index in [2.05, 4.69) is 52.9 Å². The van der Waals surface area contributed by atoms with Gasteiger partial charge in [-0.15, -0.1) is 10.2 Å². The monoisotopic (exact) mass is 603 g/mol. The van der Waals surface area contributed by atoms with Gasteiger partial charge in [-0.05, 0) is 71.6 Å². The second-order valence-electron chi connectivity index (χ2n) is 12.1. The zero-order chi connectivity index (χ0) is 29.7. The van der Waals surface area contributed by atoms with E-state index in [0.29, 0.717) is 66.1 Å². The van der Waals surface area contributed by atoms with Gasteiger partial charge >= 0.3 is 5.69 Å². The maximum absolute atomic E-state index is 13.7. The molecule has 0 spiro atoms. The van der Waals surface area contributed by atoms with Crippen molar-refractivity contribution in [3.05, 3.63) is 40.0 Å². The molecule has 1 fully saturated rings. The van der Waals surface area contributed by atoms with Crippen LogP contribution in [0.5, 0.6) is 5.75 Å². The van der Waals surface area contributed by atoms with Crippen LogP contribution in [0.1, 0.15) is 67.2 Å². The van der Waals surface area contributed by atoms with E-state index in [-0.39, 0.29) is 32.7 Å². The molecular weight excluding hydrogens is 566 g/mol. The van der Waals surface area contributed by atoms with Crippen LogP contribution in [0.4, 0.5) is 0 Å². The van der Waals surface area contributed by atoms with Gasteiger partial charge in [-0.2, -0.15) is 0 Å². The molecule has 0 amide bonds. The maximum Gasteiger partial charge on any atom is 0.335 e. The molecule has 0 bridgehead atoms. The first kappa shape index (κ1) is 29.6. The van der Waals surface area contributed by atoms with Crippen LogP contribution in [0.2, 0.25) is 5.02 Å². The highest BCUT2D eigenvalue weighted by Gasteiger charge is 2.39. The van der Waals surface area contributed by atoms with E-state index in [0.717, 1.165) is 6.42 Å². The van der Waals surface area contributed by atoms with Crippen molar-refractivity contribution in [1.29, 1.82) is 0 Å². The Kier molecular flexibility index (Phi) is 7.73. The van der Waals surface area contributed by atoms with Gasteiger partial charge in [0.15, 0.2) is 5.65 Å². The van der Waals surface area contributed by atoms with Crippen molar-refractivity contribution in [3.63, 3.8) is 0 Å². The molecule has 11 nitrogen and oxygen atoms in total. The minimum absolute atomic E-state index is 0.0961. The van der Waals surface area contributed by atoms with E-state index in [1.807, 2.05) is 13.8 Å². The van der Waals surface area contributed by atoms with E-state index in [1.165, 1.54) is 10.7 Å². The lowest BCUT2D eigenvalue weighted by Crippen LogP contribution is -2.62. The van der Waals surface area contributed by atoms with Gasteiger partial charge in [0.05, 0.1) is 27.7 Å². The summed E-state index contributed by atoms with van der Waals surface area (Å²) in [6, 6.07) is 4.54. The van der Waals surface area contributed by atoms with Gasteiger partial charge in [-0.25, -0.2) is 22.3 Å². The Morgan fingerprint density at radius 3 is 2.51 bits per heavy atom. The lowest BCUT2D eigenvalue weighted by molar-refractivity contribution is 0.157. The summed E-state index contributed by atoms with van der Waals surface area (Å²) < 4.78 is 39.4. The second kappa shape index (κ2) is 10.7. The number of nitrogens with one attached hydrogen (secondary N) is 3. The number of hydrogen-bond acceptors (Lipinski definition) is 7. The molecule has 0 atom stereocenters. The molecular formula is C28H38ClN7O4S. The number of hydrogen-bond donors (Lipinski definition) is 3. The van der Waals surface area contributed by atoms with Crippen LogP contribution in [0.3, 0.4) is 0 Å². The van der Waals surface area contributed by atoms with Crippen LogP contribution in [0.25, 0.3) is 27.9 Å². The predicted molar refractivity (Wildman–Crippen MR) is 160 cm³/mol. The number of H-pyrrole nitrogens is 1. The Morgan fingerprint density at radius 2 is 1.85 bits per heavy atom. The average Bonchev–Trinajstić information content (AvgIpc) is 3.48. The van der Waals surface area contributed by atoms with Crippen LogP contribution in [-0.2, 0) is 16.6 Å². The minimum atomic E-state index is -3.89. The molecule has 0 aliphatic carbocycles. The number of rotatable bonds is 9. The predicted octanol–water partition coefficient (Wildman–Crippen LogP) is 4.48. The highest BCUT2D eigenvalue weighted by molar-refractivity contribution is 7.89. The van der Waals surface area contributed by atoms with E-state index in [1.54, 1.807) is 22.8 Å². The molecule has 0 radical (unpaired) electrons. The fraction of sp³-hybridized carbons (Fsp3) is 0.536. The molecule has 3 aromatic heterocycles. The third kappa shape index (κ3) is 5.62. The summed E-state index contributed by atoms with van der Waals surface area (Å²) in [4.78, 5) is 16.6. The number of piperidine rings is 1. The standard InChI is InChI=1S/C28H38ClN7O4S/c1-7-11-35-24-21(29)22(31-23(24)25-32-30-16-36(25)26(35)37)19-13-18(9-10-20(19)40-12-8-2)41(38,39)33-17-14-27(3,4)34-28(5,6)15-17/h9-10,13,16-17,31,33-34H,7-8,11-12,14-15H2,1-6H3. The fourth-order valence-electron chi connectivity index (χ4n) is 6.17. The molecule has 5 rings (SSSR count). The number of ether oxygens (including phenoxy) is 1. The van der Waals surface area contributed by atoms with Gasteiger partial charge in [-0.1, -0.05) is 25.4 Å². The highest BCUT2D eigenvalue weighted by Crippen LogP contribution is 2.40. The van der Waals surface area contributed by atoms with E-state index >= 15 is 0 Å². The van der Waals surface area contributed by atoms with Gasteiger partial charge in [0.1, 0.15) is 17.6 Å². The Hall–Kier alpha value is -2.93. The van der Waals surface area contributed by atoms with Crippen molar-refractivity contribution in [2.45, 2.75) is 95.8 Å². The molecule has 0 unspecified atom stereocenters. The third-order valence-electron chi connectivity index (χ3n) is 7.34. The van der Waals surface area contributed by atoms with E-state index in [9.17, 15) is 13.2 Å². The first-order valence-electron chi connectivity index (χ1n) is 14.0. The number of halogens is 1. The lowest BCUT2D eigenvalue weighted by Gasteiger charge is -2.46. The molecule has 1 aromatic carbocycles.